The number of hydrogen-bond acceptors (Lipinski definition) is 3. The topological polar surface area (TPSA) is 59.4 Å². The fraction of sp³-hybridized carbons (Fsp3) is 0.200. The molecule has 0 aliphatic heterocycles. The second-order valence-corrected chi connectivity index (χ2v) is 4.26. The fourth-order valence-corrected chi connectivity index (χ4v) is 1.74. The van der Waals surface area contributed by atoms with Crippen LogP contribution in [0, 0.1) is 5.82 Å². The first kappa shape index (κ1) is 14.0. The Morgan fingerprint density at radius 3 is 2.85 bits per heavy atom. The highest BCUT2D eigenvalue weighted by Crippen LogP contribution is 2.26. The molecule has 5 heteroatoms. The molecule has 0 fully saturated rings. The molecule has 2 rings (SSSR count). The van der Waals surface area contributed by atoms with Crippen molar-refractivity contribution in [2.45, 2.75) is 13.3 Å². The largest absolute Gasteiger partial charge is 0.492 e. The van der Waals surface area contributed by atoms with Gasteiger partial charge in [0.25, 0.3) is 0 Å². The molecule has 0 unspecified atom stereocenters. The first-order valence-electron chi connectivity index (χ1n) is 6.23. The molecule has 2 aromatic rings. The first-order chi connectivity index (χ1) is 9.61. The lowest BCUT2D eigenvalue weighted by molar-refractivity contribution is 0.0697. The normalized spacial score (nSPS) is 10.3. The summed E-state index contributed by atoms with van der Waals surface area (Å²) in [5.74, 6) is -1.06. The number of ether oxygens (including phenoxy) is 1. The van der Waals surface area contributed by atoms with Crippen molar-refractivity contribution in [3.8, 4) is 16.9 Å². The summed E-state index contributed by atoms with van der Waals surface area (Å²) < 4.78 is 19.3. The molecule has 0 amide bonds. The van der Waals surface area contributed by atoms with Crippen LogP contribution in [0.2, 0.25) is 0 Å². The third-order valence-corrected chi connectivity index (χ3v) is 2.71. The van der Waals surface area contributed by atoms with Gasteiger partial charge in [-0.05, 0) is 30.7 Å². The molecule has 4 nitrogen and oxygen atoms in total. The van der Waals surface area contributed by atoms with E-state index in [4.69, 9.17) is 9.84 Å². The number of halogens is 1. The van der Waals surface area contributed by atoms with Gasteiger partial charge in [0.15, 0.2) is 0 Å². The Bertz CT molecular complexity index is 628. The molecule has 104 valence electrons. The van der Waals surface area contributed by atoms with Gasteiger partial charge in [0, 0.05) is 17.3 Å². The quantitative estimate of drug-likeness (QED) is 0.908. The zero-order valence-electron chi connectivity index (χ0n) is 11.0. The molecule has 20 heavy (non-hydrogen) atoms. The van der Waals surface area contributed by atoms with Crippen molar-refractivity contribution < 1.29 is 19.0 Å². The fourth-order valence-electron chi connectivity index (χ4n) is 1.74. The van der Waals surface area contributed by atoms with Crippen LogP contribution < -0.4 is 4.74 Å². The summed E-state index contributed by atoms with van der Waals surface area (Å²) in [6, 6.07) is 5.30. The molecule has 0 saturated heterocycles. The van der Waals surface area contributed by atoms with E-state index in [2.05, 4.69) is 4.98 Å². The van der Waals surface area contributed by atoms with Crippen LogP contribution in [-0.2, 0) is 0 Å². The van der Waals surface area contributed by atoms with Crippen molar-refractivity contribution in [3.05, 3.63) is 48.0 Å². The van der Waals surface area contributed by atoms with Gasteiger partial charge in [-0.3, -0.25) is 4.98 Å². The van der Waals surface area contributed by atoms with E-state index < -0.39 is 11.8 Å². The summed E-state index contributed by atoms with van der Waals surface area (Å²) >= 11 is 0. The summed E-state index contributed by atoms with van der Waals surface area (Å²) in [7, 11) is 0. The van der Waals surface area contributed by atoms with Crippen molar-refractivity contribution in [3.63, 3.8) is 0 Å². The monoisotopic (exact) mass is 275 g/mol. The third-order valence-electron chi connectivity index (χ3n) is 2.71. The van der Waals surface area contributed by atoms with Gasteiger partial charge in [-0.25, -0.2) is 9.18 Å². The van der Waals surface area contributed by atoms with Gasteiger partial charge in [0.1, 0.15) is 11.6 Å². The van der Waals surface area contributed by atoms with Crippen molar-refractivity contribution in [2.75, 3.05) is 6.61 Å². The van der Waals surface area contributed by atoms with Crippen molar-refractivity contribution in [2.24, 2.45) is 0 Å². The highest BCUT2D eigenvalue weighted by Gasteiger charge is 2.11. The van der Waals surface area contributed by atoms with Gasteiger partial charge >= 0.3 is 5.97 Å². The van der Waals surface area contributed by atoms with Gasteiger partial charge < -0.3 is 9.84 Å². The standard InChI is InChI=1S/C15H14FNO3/c1-2-5-20-12-6-11(8-17-9-12)13-7-10(15(18)19)3-4-14(13)16/h3-4,6-9H,2,5H2,1H3,(H,18,19). The number of nitrogens with zero attached hydrogens (tertiary/aromatic N) is 1. The predicted octanol–water partition coefficient (Wildman–Crippen LogP) is 3.37. The Morgan fingerprint density at radius 1 is 1.35 bits per heavy atom. The van der Waals surface area contributed by atoms with E-state index in [9.17, 15) is 9.18 Å². The summed E-state index contributed by atoms with van der Waals surface area (Å²) in [5.41, 5.74) is 0.708. The smallest absolute Gasteiger partial charge is 0.335 e. The van der Waals surface area contributed by atoms with E-state index in [0.29, 0.717) is 17.9 Å². The molecule has 0 aliphatic rings. The molecular formula is C15H14FNO3. The molecular weight excluding hydrogens is 261 g/mol. The van der Waals surface area contributed by atoms with Crippen molar-refractivity contribution >= 4 is 5.97 Å². The Hall–Kier alpha value is -2.43. The summed E-state index contributed by atoms with van der Waals surface area (Å²) in [6.45, 7) is 2.52. The Morgan fingerprint density at radius 2 is 2.15 bits per heavy atom. The lowest BCUT2D eigenvalue weighted by Gasteiger charge is -2.08. The van der Waals surface area contributed by atoms with Crippen LogP contribution in [0.15, 0.2) is 36.7 Å². The number of carboxylic acid groups (broad SMARTS) is 1. The van der Waals surface area contributed by atoms with Gasteiger partial charge in [-0.1, -0.05) is 6.92 Å². The van der Waals surface area contributed by atoms with Gasteiger partial charge in [0.05, 0.1) is 18.4 Å². The number of aromatic carboxylic acids is 1. The number of hydrogen-bond donors (Lipinski definition) is 1. The minimum Gasteiger partial charge on any atom is -0.492 e. The van der Waals surface area contributed by atoms with Crippen LogP contribution in [0.1, 0.15) is 23.7 Å². The molecule has 1 heterocycles. The summed E-state index contributed by atoms with van der Waals surface area (Å²) in [6.07, 6.45) is 3.87. The zero-order valence-corrected chi connectivity index (χ0v) is 11.0. The molecule has 0 bridgehead atoms. The Kier molecular flexibility index (Phi) is 4.30. The Balaban J connectivity index is 2.40. The first-order valence-corrected chi connectivity index (χ1v) is 6.23. The molecule has 1 aromatic heterocycles. The highest BCUT2D eigenvalue weighted by atomic mass is 19.1. The lowest BCUT2D eigenvalue weighted by Crippen LogP contribution is -1.99. The average Bonchev–Trinajstić information content (AvgIpc) is 2.45. The molecule has 0 radical (unpaired) electrons. The molecule has 0 aliphatic carbocycles. The lowest BCUT2D eigenvalue weighted by atomic mass is 10.0. The van der Waals surface area contributed by atoms with Crippen molar-refractivity contribution in [1.29, 1.82) is 0 Å². The summed E-state index contributed by atoms with van der Waals surface area (Å²) in [4.78, 5) is 14.9. The van der Waals surface area contributed by atoms with Gasteiger partial charge in [-0.2, -0.15) is 0 Å². The number of aromatic nitrogens is 1. The minimum absolute atomic E-state index is 0.0290. The summed E-state index contributed by atoms with van der Waals surface area (Å²) in [5, 5.41) is 8.96. The molecule has 0 spiro atoms. The van der Waals surface area contributed by atoms with Gasteiger partial charge in [-0.15, -0.1) is 0 Å². The maximum atomic E-state index is 13.8. The van der Waals surface area contributed by atoms with Crippen molar-refractivity contribution in [1.82, 2.24) is 4.98 Å². The number of pyridine rings is 1. The molecule has 0 saturated carbocycles. The van der Waals surface area contributed by atoms with E-state index in [-0.39, 0.29) is 11.1 Å². The van der Waals surface area contributed by atoms with Crippen LogP contribution in [0.25, 0.3) is 11.1 Å². The zero-order chi connectivity index (χ0) is 14.5. The number of benzene rings is 1. The predicted molar refractivity (Wildman–Crippen MR) is 72.4 cm³/mol. The van der Waals surface area contributed by atoms with E-state index in [1.165, 1.54) is 24.5 Å². The second kappa shape index (κ2) is 6.14. The minimum atomic E-state index is -1.10. The van der Waals surface area contributed by atoms with E-state index in [1.54, 1.807) is 6.07 Å². The van der Waals surface area contributed by atoms with E-state index >= 15 is 0 Å². The number of carbonyl (C=O) groups is 1. The molecule has 0 atom stereocenters. The van der Waals surface area contributed by atoms with Crippen LogP contribution in [0.5, 0.6) is 5.75 Å². The van der Waals surface area contributed by atoms with Crippen LogP contribution in [0.3, 0.4) is 0 Å². The maximum absolute atomic E-state index is 13.8. The molecule has 1 N–H and O–H groups in total. The Labute approximate surface area is 115 Å². The second-order valence-electron chi connectivity index (χ2n) is 4.26. The van der Waals surface area contributed by atoms with Crippen LogP contribution in [0.4, 0.5) is 4.39 Å². The number of rotatable bonds is 5. The highest BCUT2D eigenvalue weighted by molar-refractivity contribution is 5.89. The average molecular weight is 275 g/mol. The van der Waals surface area contributed by atoms with E-state index in [0.717, 1.165) is 12.5 Å². The van der Waals surface area contributed by atoms with Gasteiger partial charge in [0.2, 0.25) is 0 Å². The van der Waals surface area contributed by atoms with E-state index in [1.807, 2.05) is 6.92 Å². The van der Waals surface area contributed by atoms with Crippen LogP contribution >= 0.6 is 0 Å². The SMILES string of the molecule is CCCOc1cncc(-c2cc(C(=O)O)ccc2F)c1. The maximum Gasteiger partial charge on any atom is 0.335 e. The van der Waals surface area contributed by atoms with Crippen LogP contribution in [-0.4, -0.2) is 22.7 Å². The molecule has 1 aromatic carbocycles. The number of carboxylic acids is 1. The third kappa shape index (κ3) is 3.12.